The average Bonchev–Trinajstić information content (AvgIpc) is 2.66. The molecule has 1 aliphatic rings. The van der Waals surface area contributed by atoms with Gasteiger partial charge in [-0.3, -0.25) is 0 Å². The molecule has 84 valence electrons. The van der Waals surface area contributed by atoms with Gasteiger partial charge in [-0.2, -0.15) is 0 Å². The van der Waals surface area contributed by atoms with Gasteiger partial charge in [0, 0.05) is 18.0 Å². The summed E-state index contributed by atoms with van der Waals surface area (Å²) in [6.45, 7) is 1.90. The van der Waals surface area contributed by atoms with Crippen LogP contribution in [-0.4, -0.2) is 24.1 Å². The Morgan fingerprint density at radius 3 is 3.13 bits per heavy atom. The fraction of sp³-hybridized carbons (Fsp3) is 0.700. The van der Waals surface area contributed by atoms with E-state index in [0.29, 0.717) is 6.04 Å². The molecule has 5 heteroatoms. The number of aromatic nitrogens is 1. The molecule has 1 aromatic rings. The van der Waals surface area contributed by atoms with Crippen LogP contribution in [0.25, 0.3) is 0 Å². The number of rotatable bonds is 3. The van der Waals surface area contributed by atoms with E-state index >= 15 is 0 Å². The summed E-state index contributed by atoms with van der Waals surface area (Å²) in [5.41, 5.74) is 5.65. The Morgan fingerprint density at radius 1 is 1.60 bits per heavy atom. The van der Waals surface area contributed by atoms with Gasteiger partial charge in [0.2, 0.25) is 0 Å². The van der Waals surface area contributed by atoms with Crippen molar-refractivity contribution in [1.29, 1.82) is 0 Å². The standard InChI is InChI=1S/C10H16BrN3S/c11-9-7-15-10(13-9)14-6-2-1-3-8(14)4-5-12/h7-8H,1-6,12H2. The van der Waals surface area contributed by atoms with E-state index < -0.39 is 0 Å². The van der Waals surface area contributed by atoms with Crippen LogP contribution < -0.4 is 10.6 Å². The molecule has 15 heavy (non-hydrogen) atoms. The van der Waals surface area contributed by atoms with E-state index in [4.69, 9.17) is 5.73 Å². The average molecular weight is 290 g/mol. The molecule has 0 bridgehead atoms. The van der Waals surface area contributed by atoms with Crippen LogP contribution in [-0.2, 0) is 0 Å². The SMILES string of the molecule is NCCC1CCCCN1c1nc(Br)cs1. The zero-order chi connectivity index (χ0) is 10.7. The Balaban J connectivity index is 2.10. The molecule has 0 aromatic carbocycles. The van der Waals surface area contributed by atoms with Gasteiger partial charge >= 0.3 is 0 Å². The maximum Gasteiger partial charge on any atom is 0.186 e. The smallest absolute Gasteiger partial charge is 0.186 e. The molecule has 1 unspecified atom stereocenters. The van der Waals surface area contributed by atoms with Gasteiger partial charge in [0.25, 0.3) is 0 Å². The number of halogens is 1. The van der Waals surface area contributed by atoms with Crippen molar-refractivity contribution in [2.75, 3.05) is 18.0 Å². The molecule has 1 aliphatic heterocycles. The Bertz CT molecular complexity index is 313. The quantitative estimate of drug-likeness (QED) is 0.930. The zero-order valence-electron chi connectivity index (χ0n) is 8.66. The summed E-state index contributed by atoms with van der Waals surface area (Å²) in [6.07, 6.45) is 4.94. The number of piperidine rings is 1. The fourth-order valence-electron chi connectivity index (χ4n) is 2.12. The first-order valence-electron chi connectivity index (χ1n) is 5.39. The molecule has 1 atom stereocenters. The van der Waals surface area contributed by atoms with Crippen molar-refractivity contribution in [2.45, 2.75) is 31.7 Å². The van der Waals surface area contributed by atoms with Gasteiger partial charge in [-0.1, -0.05) is 0 Å². The summed E-state index contributed by atoms with van der Waals surface area (Å²) in [5.74, 6) is 0. The van der Waals surface area contributed by atoms with Crippen molar-refractivity contribution in [3.63, 3.8) is 0 Å². The van der Waals surface area contributed by atoms with E-state index in [0.717, 1.165) is 29.2 Å². The van der Waals surface area contributed by atoms with Crippen LogP contribution in [0.4, 0.5) is 5.13 Å². The van der Waals surface area contributed by atoms with E-state index in [9.17, 15) is 0 Å². The molecule has 0 spiro atoms. The molecule has 2 rings (SSSR count). The molecule has 0 radical (unpaired) electrons. The normalized spacial score (nSPS) is 22.0. The lowest BCUT2D eigenvalue weighted by molar-refractivity contribution is 0.441. The minimum absolute atomic E-state index is 0.599. The number of anilines is 1. The van der Waals surface area contributed by atoms with Gasteiger partial charge in [-0.25, -0.2) is 4.98 Å². The maximum atomic E-state index is 5.65. The van der Waals surface area contributed by atoms with Crippen molar-refractivity contribution in [3.8, 4) is 0 Å². The molecule has 1 aromatic heterocycles. The first kappa shape index (κ1) is 11.4. The minimum atomic E-state index is 0.599. The third kappa shape index (κ3) is 2.71. The maximum absolute atomic E-state index is 5.65. The van der Waals surface area contributed by atoms with Gasteiger partial charge in [0.15, 0.2) is 5.13 Å². The highest BCUT2D eigenvalue weighted by molar-refractivity contribution is 9.10. The lowest BCUT2D eigenvalue weighted by Crippen LogP contribution is -2.40. The largest absolute Gasteiger partial charge is 0.345 e. The van der Waals surface area contributed by atoms with Crippen LogP contribution in [0.3, 0.4) is 0 Å². The zero-order valence-corrected chi connectivity index (χ0v) is 11.1. The number of nitrogens with zero attached hydrogens (tertiary/aromatic N) is 2. The lowest BCUT2D eigenvalue weighted by Gasteiger charge is -2.35. The Morgan fingerprint density at radius 2 is 2.47 bits per heavy atom. The lowest BCUT2D eigenvalue weighted by atomic mass is 10.0. The summed E-state index contributed by atoms with van der Waals surface area (Å²) in [5, 5.41) is 3.18. The van der Waals surface area contributed by atoms with Gasteiger partial charge in [-0.05, 0) is 48.2 Å². The Hall–Kier alpha value is -0.130. The van der Waals surface area contributed by atoms with Crippen LogP contribution in [0.15, 0.2) is 9.98 Å². The Labute approximate surface area is 103 Å². The Kier molecular flexibility index (Phi) is 3.99. The van der Waals surface area contributed by atoms with Crippen molar-refractivity contribution >= 4 is 32.4 Å². The minimum Gasteiger partial charge on any atom is -0.345 e. The topological polar surface area (TPSA) is 42.1 Å². The highest BCUT2D eigenvalue weighted by Crippen LogP contribution is 2.30. The van der Waals surface area contributed by atoms with Crippen molar-refractivity contribution in [1.82, 2.24) is 4.98 Å². The van der Waals surface area contributed by atoms with Crippen molar-refractivity contribution in [2.24, 2.45) is 5.73 Å². The van der Waals surface area contributed by atoms with Crippen LogP contribution in [0.5, 0.6) is 0 Å². The number of hydrogen-bond acceptors (Lipinski definition) is 4. The monoisotopic (exact) mass is 289 g/mol. The molecule has 2 N–H and O–H groups in total. The summed E-state index contributed by atoms with van der Waals surface area (Å²) in [6, 6.07) is 0.599. The molecular formula is C10H16BrN3S. The predicted molar refractivity (Wildman–Crippen MR) is 68.5 cm³/mol. The van der Waals surface area contributed by atoms with E-state index in [2.05, 4.69) is 25.8 Å². The summed E-state index contributed by atoms with van der Waals surface area (Å²) < 4.78 is 0.944. The molecule has 0 saturated carbocycles. The van der Waals surface area contributed by atoms with Crippen LogP contribution in [0.2, 0.25) is 0 Å². The van der Waals surface area contributed by atoms with Gasteiger partial charge in [0.1, 0.15) is 4.60 Å². The third-order valence-corrected chi connectivity index (χ3v) is 4.42. The van der Waals surface area contributed by atoms with E-state index in [-0.39, 0.29) is 0 Å². The highest BCUT2D eigenvalue weighted by Gasteiger charge is 2.23. The molecular weight excluding hydrogens is 274 g/mol. The van der Waals surface area contributed by atoms with Crippen molar-refractivity contribution in [3.05, 3.63) is 9.98 Å². The first-order chi connectivity index (χ1) is 7.31. The first-order valence-corrected chi connectivity index (χ1v) is 7.06. The van der Waals surface area contributed by atoms with Crippen LogP contribution in [0, 0.1) is 0 Å². The van der Waals surface area contributed by atoms with Gasteiger partial charge in [-0.15, -0.1) is 11.3 Å². The molecule has 1 fully saturated rings. The van der Waals surface area contributed by atoms with E-state index in [1.807, 2.05) is 5.38 Å². The van der Waals surface area contributed by atoms with Crippen LogP contribution >= 0.6 is 27.3 Å². The van der Waals surface area contributed by atoms with E-state index in [1.165, 1.54) is 19.3 Å². The van der Waals surface area contributed by atoms with Gasteiger partial charge in [0.05, 0.1) is 0 Å². The molecule has 3 nitrogen and oxygen atoms in total. The van der Waals surface area contributed by atoms with E-state index in [1.54, 1.807) is 11.3 Å². The van der Waals surface area contributed by atoms with Gasteiger partial charge < -0.3 is 10.6 Å². The third-order valence-electron chi connectivity index (χ3n) is 2.84. The second-order valence-electron chi connectivity index (χ2n) is 3.87. The van der Waals surface area contributed by atoms with Crippen molar-refractivity contribution < 1.29 is 0 Å². The molecule has 1 saturated heterocycles. The number of nitrogens with two attached hydrogens (primary N) is 1. The highest BCUT2D eigenvalue weighted by atomic mass is 79.9. The number of thiazole rings is 1. The summed E-state index contributed by atoms with van der Waals surface area (Å²) >= 11 is 5.12. The fourth-order valence-corrected chi connectivity index (χ4v) is 3.47. The molecule has 0 aliphatic carbocycles. The number of hydrogen-bond donors (Lipinski definition) is 1. The molecule has 2 heterocycles. The summed E-state index contributed by atoms with van der Waals surface area (Å²) in [7, 11) is 0. The van der Waals surface area contributed by atoms with Crippen LogP contribution in [0.1, 0.15) is 25.7 Å². The summed E-state index contributed by atoms with van der Waals surface area (Å²) in [4.78, 5) is 6.91. The predicted octanol–water partition coefficient (Wildman–Crippen LogP) is 2.61. The second-order valence-corrected chi connectivity index (χ2v) is 5.52. The molecule has 0 amide bonds. The second kappa shape index (κ2) is 5.27.